The Morgan fingerprint density at radius 2 is 1.53 bits per heavy atom. The van der Waals surface area contributed by atoms with Crippen LogP contribution in [0.25, 0.3) is 0 Å². The Labute approximate surface area is 92.7 Å². The first-order valence-electron chi connectivity index (χ1n) is 5.47. The van der Waals surface area contributed by atoms with E-state index in [1.165, 1.54) is 0 Å². The van der Waals surface area contributed by atoms with Crippen LogP contribution in [0.4, 0.5) is 5.69 Å². The molecule has 84 valence electrons. The lowest BCUT2D eigenvalue weighted by Crippen LogP contribution is -2.63. The molecule has 0 spiro atoms. The summed E-state index contributed by atoms with van der Waals surface area (Å²) >= 11 is 0. The zero-order valence-electron chi connectivity index (χ0n) is 10.4. The highest BCUT2D eigenvalue weighted by Gasteiger charge is 2.44. The fourth-order valence-electron chi connectivity index (χ4n) is 2.12. The highest BCUT2D eigenvalue weighted by Crippen LogP contribution is 2.33. The second-order valence-corrected chi connectivity index (χ2v) is 5.29. The summed E-state index contributed by atoms with van der Waals surface area (Å²) in [5, 5.41) is 10.8. The van der Waals surface area contributed by atoms with Gasteiger partial charge in [-0.15, -0.1) is 4.65 Å². The predicted octanol–water partition coefficient (Wildman–Crippen LogP) is 3.59. The molecule has 0 aliphatic rings. The summed E-state index contributed by atoms with van der Waals surface area (Å²) in [5.41, 5.74) is 0.718. The van der Waals surface area contributed by atoms with Crippen LogP contribution >= 0.6 is 0 Å². The second kappa shape index (κ2) is 3.95. The van der Waals surface area contributed by atoms with Gasteiger partial charge in [-0.3, -0.25) is 0 Å². The minimum Gasteiger partial charge on any atom is -0.211 e. The molecule has 0 radical (unpaired) electrons. The van der Waals surface area contributed by atoms with Gasteiger partial charge in [0.1, 0.15) is 11.6 Å². The van der Waals surface area contributed by atoms with Crippen molar-refractivity contribution in [1.29, 1.82) is 0 Å². The molecular formula is C13H22NO+. The van der Waals surface area contributed by atoms with Crippen LogP contribution in [-0.2, 0) is 0 Å². The van der Waals surface area contributed by atoms with Gasteiger partial charge in [0.25, 0.3) is 0 Å². The van der Waals surface area contributed by atoms with E-state index in [2.05, 4.69) is 20.8 Å². The largest absolute Gasteiger partial charge is 0.211 e. The van der Waals surface area contributed by atoms with Gasteiger partial charge < -0.3 is 0 Å². The summed E-state index contributed by atoms with van der Waals surface area (Å²) in [7, 11) is 0. The van der Waals surface area contributed by atoms with Crippen molar-refractivity contribution >= 4 is 5.69 Å². The minimum absolute atomic E-state index is 0.0339. The van der Waals surface area contributed by atoms with Gasteiger partial charge in [0.15, 0.2) is 5.69 Å². The summed E-state index contributed by atoms with van der Waals surface area (Å²) in [5.74, 6) is 0. The molecule has 2 nitrogen and oxygen atoms in total. The third-order valence-electron chi connectivity index (χ3n) is 2.92. The van der Waals surface area contributed by atoms with Crippen LogP contribution < -0.4 is 4.65 Å². The van der Waals surface area contributed by atoms with E-state index in [-0.39, 0.29) is 16.2 Å². The molecule has 0 aliphatic carbocycles. The molecule has 15 heavy (non-hydrogen) atoms. The van der Waals surface area contributed by atoms with E-state index in [1.807, 2.05) is 44.2 Å². The molecule has 1 rings (SSSR count). The Balaban J connectivity index is 3.26. The Hall–Kier alpha value is -0.860. The zero-order valence-corrected chi connectivity index (χ0v) is 10.4. The standard InChI is InChI=1S/C13H22NO/c1-11(2)14(15,13(3,4)5)12-9-7-6-8-10-12/h6-11,15H,1-5H3/q+1. The quantitative estimate of drug-likeness (QED) is 0.581. The number of para-hydroxylation sites is 1. The molecule has 1 aromatic carbocycles. The first-order chi connectivity index (χ1) is 6.80. The molecule has 0 amide bonds. The van der Waals surface area contributed by atoms with E-state index in [0.29, 0.717) is 0 Å². The van der Waals surface area contributed by atoms with Gasteiger partial charge in [-0.2, -0.15) is 0 Å². The molecule has 0 bridgehead atoms. The van der Waals surface area contributed by atoms with Crippen molar-refractivity contribution in [2.75, 3.05) is 0 Å². The van der Waals surface area contributed by atoms with E-state index in [4.69, 9.17) is 0 Å². The fraction of sp³-hybridized carbons (Fsp3) is 0.538. The predicted molar refractivity (Wildman–Crippen MR) is 64.9 cm³/mol. The van der Waals surface area contributed by atoms with Crippen LogP contribution in [0.5, 0.6) is 0 Å². The maximum absolute atomic E-state index is 10.8. The maximum atomic E-state index is 10.8. The van der Waals surface area contributed by atoms with Gasteiger partial charge in [0.05, 0.1) is 0 Å². The van der Waals surface area contributed by atoms with E-state index in [1.54, 1.807) is 0 Å². The van der Waals surface area contributed by atoms with Crippen molar-refractivity contribution in [3.63, 3.8) is 0 Å². The molecule has 0 saturated heterocycles. The molecule has 0 heterocycles. The molecule has 0 saturated carbocycles. The van der Waals surface area contributed by atoms with E-state index < -0.39 is 0 Å². The SMILES string of the molecule is CC(C)[N+](O)(c1ccccc1)C(C)(C)C. The van der Waals surface area contributed by atoms with Gasteiger partial charge in [0, 0.05) is 12.1 Å². The maximum Gasteiger partial charge on any atom is 0.165 e. The fourth-order valence-corrected chi connectivity index (χ4v) is 2.12. The monoisotopic (exact) mass is 208 g/mol. The second-order valence-electron chi connectivity index (χ2n) is 5.29. The number of hydroxylamine groups is 2. The molecule has 1 unspecified atom stereocenters. The third kappa shape index (κ3) is 2.06. The Kier molecular flexibility index (Phi) is 3.22. The van der Waals surface area contributed by atoms with Crippen molar-refractivity contribution < 1.29 is 5.21 Å². The number of nitrogens with zero attached hydrogens (tertiary/aromatic N) is 1. The lowest BCUT2D eigenvalue weighted by atomic mass is 10.0. The summed E-state index contributed by atoms with van der Waals surface area (Å²) < 4.78 is -0.0339. The lowest BCUT2D eigenvalue weighted by molar-refractivity contribution is -0.165. The Morgan fingerprint density at radius 1 is 1.07 bits per heavy atom. The lowest BCUT2D eigenvalue weighted by Gasteiger charge is -2.43. The summed E-state index contributed by atoms with van der Waals surface area (Å²) in [6.07, 6.45) is 0. The van der Waals surface area contributed by atoms with Gasteiger partial charge in [-0.1, -0.05) is 18.2 Å². The molecule has 1 N–H and O–H groups in total. The first kappa shape index (κ1) is 12.2. The van der Waals surface area contributed by atoms with Crippen LogP contribution in [0.15, 0.2) is 30.3 Å². The number of rotatable bonds is 2. The van der Waals surface area contributed by atoms with E-state index >= 15 is 0 Å². The normalized spacial score (nSPS) is 16.5. The number of quaternary nitrogens is 1. The van der Waals surface area contributed by atoms with Crippen LogP contribution in [0.3, 0.4) is 0 Å². The highest BCUT2D eigenvalue weighted by atomic mass is 16.6. The molecule has 2 heteroatoms. The van der Waals surface area contributed by atoms with Crippen molar-refractivity contribution in [3.8, 4) is 0 Å². The van der Waals surface area contributed by atoms with Gasteiger partial charge >= 0.3 is 0 Å². The number of hydrogen-bond acceptors (Lipinski definition) is 1. The van der Waals surface area contributed by atoms with E-state index in [9.17, 15) is 5.21 Å². The molecule has 1 aromatic rings. The first-order valence-corrected chi connectivity index (χ1v) is 5.47. The number of benzene rings is 1. The zero-order chi connectivity index (χ0) is 11.7. The van der Waals surface area contributed by atoms with Crippen molar-refractivity contribution in [2.24, 2.45) is 0 Å². The number of hydrogen-bond donors (Lipinski definition) is 1. The molecule has 0 aromatic heterocycles. The molecular weight excluding hydrogens is 186 g/mol. The molecule has 0 aliphatic heterocycles. The van der Waals surface area contributed by atoms with Crippen LogP contribution in [0, 0.1) is 0 Å². The van der Waals surface area contributed by atoms with E-state index in [0.717, 1.165) is 5.69 Å². The van der Waals surface area contributed by atoms with Crippen LogP contribution in [0.2, 0.25) is 0 Å². The van der Waals surface area contributed by atoms with Gasteiger partial charge in [-0.25, -0.2) is 5.21 Å². The summed E-state index contributed by atoms with van der Waals surface area (Å²) in [6.45, 7) is 10.2. The van der Waals surface area contributed by atoms with Crippen molar-refractivity contribution in [2.45, 2.75) is 46.2 Å². The smallest absolute Gasteiger partial charge is 0.165 e. The van der Waals surface area contributed by atoms with Gasteiger partial charge in [-0.05, 0) is 34.6 Å². The molecule has 1 atom stereocenters. The van der Waals surface area contributed by atoms with Crippen molar-refractivity contribution in [3.05, 3.63) is 30.3 Å². The topological polar surface area (TPSA) is 20.2 Å². The molecule has 0 fully saturated rings. The van der Waals surface area contributed by atoms with Crippen molar-refractivity contribution in [1.82, 2.24) is 4.65 Å². The average molecular weight is 208 g/mol. The third-order valence-corrected chi connectivity index (χ3v) is 2.92. The minimum atomic E-state index is -0.227. The summed E-state index contributed by atoms with van der Waals surface area (Å²) in [6, 6.07) is 9.99. The van der Waals surface area contributed by atoms with Crippen LogP contribution in [0.1, 0.15) is 34.6 Å². The highest BCUT2D eigenvalue weighted by molar-refractivity contribution is 5.42. The average Bonchev–Trinajstić information content (AvgIpc) is 2.16. The van der Waals surface area contributed by atoms with Gasteiger partial charge in [0.2, 0.25) is 0 Å². The Bertz CT molecular complexity index is 313. The Morgan fingerprint density at radius 3 is 1.87 bits per heavy atom. The van der Waals surface area contributed by atoms with Crippen LogP contribution in [-0.4, -0.2) is 16.8 Å². The summed E-state index contributed by atoms with van der Waals surface area (Å²) in [4.78, 5) is 0.